The quantitative estimate of drug-likeness (QED) is 0.753. The van der Waals surface area contributed by atoms with Crippen molar-refractivity contribution >= 4 is 6.09 Å². The molecule has 0 aromatic rings. The Hall–Kier alpha value is -0.770. The minimum Gasteiger partial charge on any atom is -0.447 e. The number of hydrogen-bond donors (Lipinski definition) is 1. The lowest BCUT2D eigenvalue weighted by Gasteiger charge is -2.40. The van der Waals surface area contributed by atoms with Gasteiger partial charge >= 0.3 is 6.09 Å². The Kier molecular flexibility index (Phi) is 3.75. The second-order valence-corrected chi connectivity index (χ2v) is 4.05. The normalized spacial score (nSPS) is 18.9. The van der Waals surface area contributed by atoms with Gasteiger partial charge in [0.2, 0.25) is 0 Å². The fourth-order valence-corrected chi connectivity index (χ4v) is 1.51. The van der Waals surface area contributed by atoms with Gasteiger partial charge in [0.15, 0.2) is 0 Å². The molecule has 0 aliphatic heterocycles. The molecule has 0 bridgehead atoms. The molecular formula is C10H19NO3. The van der Waals surface area contributed by atoms with Crippen molar-refractivity contribution in [3.8, 4) is 0 Å². The van der Waals surface area contributed by atoms with Crippen molar-refractivity contribution < 1.29 is 14.3 Å². The molecule has 0 aromatic heterocycles. The van der Waals surface area contributed by atoms with Crippen molar-refractivity contribution in [2.75, 3.05) is 13.7 Å². The van der Waals surface area contributed by atoms with Gasteiger partial charge in [-0.3, -0.25) is 0 Å². The second kappa shape index (κ2) is 4.64. The maximum atomic E-state index is 11.2. The highest BCUT2D eigenvalue weighted by Gasteiger charge is 2.37. The van der Waals surface area contributed by atoms with Gasteiger partial charge in [0.05, 0.1) is 11.7 Å². The van der Waals surface area contributed by atoms with E-state index < -0.39 is 0 Å². The number of rotatable bonds is 4. The van der Waals surface area contributed by atoms with Gasteiger partial charge in [0, 0.05) is 13.7 Å². The summed E-state index contributed by atoms with van der Waals surface area (Å²) in [5.41, 5.74) is -0.129. The summed E-state index contributed by atoms with van der Waals surface area (Å²) in [5.74, 6) is 0. The first-order chi connectivity index (χ1) is 6.58. The molecule has 1 amide bonds. The van der Waals surface area contributed by atoms with E-state index in [-0.39, 0.29) is 17.8 Å². The zero-order chi connectivity index (χ0) is 10.6. The minimum atomic E-state index is -0.358. The molecule has 1 aliphatic rings. The monoisotopic (exact) mass is 201 g/mol. The predicted molar refractivity (Wildman–Crippen MR) is 53.2 cm³/mol. The molecule has 4 nitrogen and oxygen atoms in total. The average molecular weight is 201 g/mol. The molecule has 0 aromatic carbocycles. The van der Waals surface area contributed by atoms with Crippen LogP contribution in [0.1, 0.15) is 33.1 Å². The van der Waals surface area contributed by atoms with Crippen molar-refractivity contribution in [2.24, 2.45) is 0 Å². The Bertz CT molecular complexity index is 194. The van der Waals surface area contributed by atoms with Gasteiger partial charge in [-0.25, -0.2) is 4.79 Å². The Morgan fingerprint density at radius 3 is 2.50 bits per heavy atom. The molecule has 1 fully saturated rings. The average Bonchev–Trinajstić information content (AvgIpc) is 2.01. The van der Waals surface area contributed by atoms with E-state index in [1.807, 2.05) is 13.8 Å². The fourth-order valence-electron chi connectivity index (χ4n) is 1.51. The summed E-state index contributed by atoms with van der Waals surface area (Å²) in [6, 6.07) is 0. The smallest absolute Gasteiger partial charge is 0.407 e. The van der Waals surface area contributed by atoms with E-state index in [2.05, 4.69) is 5.32 Å². The minimum absolute atomic E-state index is 0.0742. The molecule has 14 heavy (non-hydrogen) atoms. The third-order valence-corrected chi connectivity index (χ3v) is 2.60. The fraction of sp³-hybridized carbons (Fsp3) is 0.900. The van der Waals surface area contributed by atoms with Crippen molar-refractivity contribution in [1.29, 1.82) is 0 Å². The molecular weight excluding hydrogens is 182 g/mol. The van der Waals surface area contributed by atoms with E-state index in [1.54, 1.807) is 7.11 Å². The molecule has 0 heterocycles. The Labute approximate surface area is 85.0 Å². The molecule has 82 valence electrons. The van der Waals surface area contributed by atoms with Gasteiger partial charge in [-0.2, -0.15) is 0 Å². The largest absolute Gasteiger partial charge is 0.447 e. The summed E-state index contributed by atoms with van der Waals surface area (Å²) in [4.78, 5) is 11.2. The summed E-state index contributed by atoms with van der Waals surface area (Å²) < 4.78 is 10.3. The molecule has 0 atom stereocenters. The van der Waals surface area contributed by atoms with E-state index in [9.17, 15) is 4.79 Å². The molecule has 0 saturated heterocycles. The first-order valence-electron chi connectivity index (χ1n) is 5.08. The summed E-state index contributed by atoms with van der Waals surface area (Å²) in [5, 5.41) is 2.72. The van der Waals surface area contributed by atoms with Crippen LogP contribution in [0.25, 0.3) is 0 Å². The van der Waals surface area contributed by atoms with Gasteiger partial charge in [0.1, 0.15) is 0 Å². The lowest BCUT2D eigenvalue weighted by Crippen LogP contribution is -2.49. The predicted octanol–water partition coefficient (Wildman–Crippen LogP) is 1.69. The summed E-state index contributed by atoms with van der Waals surface area (Å²) in [6.45, 7) is 4.21. The van der Waals surface area contributed by atoms with Crippen LogP contribution in [0, 0.1) is 0 Å². The Balaban J connectivity index is 2.22. The zero-order valence-corrected chi connectivity index (χ0v) is 9.13. The Morgan fingerprint density at radius 2 is 2.14 bits per heavy atom. The molecule has 1 N–H and O–H groups in total. The SMILES string of the molecule is COC1(CNC(=O)OC(C)C)CCC1. The molecule has 4 heteroatoms. The van der Waals surface area contributed by atoms with Gasteiger partial charge in [-0.15, -0.1) is 0 Å². The Morgan fingerprint density at radius 1 is 1.50 bits per heavy atom. The number of hydrogen-bond acceptors (Lipinski definition) is 3. The molecule has 1 aliphatic carbocycles. The van der Waals surface area contributed by atoms with E-state index in [1.165, 1.54) is 6.42 Å². The van der Waals surface area contributed by atoms with Crippen molar-refractivity contribution in [2.45, 2.75) is 44.8 Å². The first kappa shape index (κ1) is 11.3. The van der Waals surface area contributed by atoms with E-state index in [0.717, 1.165) is 12.8 Å². The number of methoxy groups -OCH3 is 1. The van der Waals surface area contributed by atoms with Crippen LogP contribution >= 0.6 is 0 Å². The molecule has 0 radical (unpaired) electrons. The van der Waals surface area contributed by atoms with Crippen LogP contribution in [-0.2, 0) is 9.47 Å². The van der Waals surface area contributed by atoms with E-state index in [4.69, 9.17) is 9.47 Å². The maximum absolute atomic E-state index is 11.2. The van der Waals surface area contributed by atoms with Crippen LogP contribution in [0.3, 0.4) is 0 Å². The summed E-state index contributed by atoms with van der Waals surface area (Å²) in [7, 11) is 1.69. The first-order valence-corrected chi connectivity index (χ1v) is 5.08. The molecule has 0 spiro atoms. The summed E-state index contributed by atoms with van der Waals surface area (Å²) >= 11 is 0. The van der Waals surface area contributed by atoms with Crippen LogP contribution in [0.2, 0.25) is 0 Å². The molecule has 1 rings (SSSR count). The van der Waals surface area contributed by atoms with Crippen molar-refractivity contribution in [3.05, 3.63) is 0 Å². The highest BCUT2D eigenvalue weighted by molar-refractivity contribution is 5.67. The van der Waals surface area contributed by atoms with E-state index >= 15 is 0 Å². The molecule has 1 saturated carbocycles. The number of ether oxygens (including phenoxy) is 2. The number of alkyl carbamates (subject to hydrolysis) is 1. The van der Waals surface area contributed by atoms with Gasteiger partial charge in [-0.1, -0.05) is 0 Å². The highest BCUT2D eigenvalue weighted by Crippen LogP contribution is 2.34. The topological polar surface area (TPSA) is 47.6 Å². The summed E-state index contributed by atoms with van der Waals surface area (Å²) in [6.07, 6.45) is 2.78. The van der Waals surface area contributed by atoms with Gasteiger partial charge < -0.3 is 14.8 Å². The van der Waals surface area contributed by atoms with Crippen LogP contribution < -0.4 is 5.32 Å². The van der Waals surface area contributed by atoms with Crippen molar-refractivity contribution in [1.82, 2.24) is 5.32 Å². The third kappa shape index (κ3) is 2.87. The van der Waals surface area contributed by atoms with Gasteiger partial charge in [-0.05, 0) is 33.1 Å². The maximum Gasteiger partial charge on any atom is 0.407 e. The van der Waals surface area contributed by atoms with Crippen molar-refractivity contribution in [3.63, 3.8) is 0 Å². The number of carbonyl (C=O) groups is 1. The lowest BCUT2D eigenvalue weighted by atomic mass is 9.80. The standard InChI is InChI=1S/C10H19NO3/c1-8(2)14-9(12)11-7-10(13-3)5-4-6-10/h8H,4-7H2,1-3H3,(H,11,12). The number of amides is 1. The lowest BCUT2D eigenvalue weighted by molar-refractivity contribution is -0.0690. The highest BCUT2D eigenvalue weighted by atomic mass is 16.6. The number of carbonyl (C=O) groups excluding carboxylic acids is 1. The van der Waals surface area contributed by atoms with Crippen LogP contribution in [0.4, 0.5) is 4.79 Å². The van der Waals surface area contributed by atoms with Gasteiger partial charge in [0.25, 0.3) is 0 Å². The zero-order valence-electron chi connectivity index (χ0n) is 9.13. The van der Waals surface area contributed by atoms with E-state index in [0.29, 0.717) is 6.54 Å². The second-order valence-electron chi connectivity index (χ2n) is 4.05. The number of nitrogens with one attached hydrogen (secondary N) is 1. The third-order valence-electron chi connectivity index (χ3n) is 2.60. The molecule has 0 unspecified atom stereocenters. The van der Waals surface area contributed by atoms with Crippen LogP contribution in [0.5, 0.6) is 0 Å². The van der Waals surface area contributed by atoms with Crippen LogP contribution in [-0.4, -0.2) is 31.5 Å². The van der Waals surface area contributed by atoms with Crippen LogP contribution in [0.15, 0.2) is 0 Å².